The zero-order chi connectivity index (χ0) is 14.9. The Morgan fingerprint density at radius 1 is 1.14 bits per heavy atom. The lowest BCUT2D eigenvalue weighted by Crippen LogP contribution is -2.35. The Hall–Kier alpha value is -2.10. The maximum Gasteiger partial charge on any atom is 0.255 e. The molecule has 1 aromatic carbocycles. The summed E-state index contributed by atoms with van der Waals surface area (Å²) in [6.07, 6.45) is 5.53. The lowest BCUT2D eigenvalue weighted by molar-refractivity contribution is 0.330. The van der Waals surface area contributed by atoms with Gasteiger partial charge in [0.15, 0.2) is 0 Å². The highest BCUT2D eigenvalue weighted by molar-refractivity contribution is 5.40. The van der Waals surface area contributed by atoms with Crippen LogP contribution in [0.5, 0.6) is 0 Å². The largest absolute Gasteiger partial charge is 0.383 e. The second-order valence-corrected chi connectivity index (χ2v) is 5.93. The van der Waals surface area contributed by atoms with Crippen LogP contribution in [0.1, 0.15) is 49.1 Å². The van der Waals surface area contributed by atoms with Gasteiger partial charge in [-0.2, -0.15) is 0 Å². The second kappa shape index (κ2) is 5.35. The predicted octanol–water partition coefficient (Wildman–Crippen LogP) is 2.91. The summed E-state index contributed by atoms with van der Waals surface area (Å²) in [6.45, 7) is 1.71. The van der Waals surface area contributed by atoms with Crippen LogP contribution in [0, 0.1) is 6.92 Å². The number of nitrogen functional groups attached to an aromatic ring is 1. The molecule has 1 heterocycles. The van der Waals surface area contributed by atoms with Crippen LogP contribution in [-0.4, -0.2) is 9.97 Å². The number of aromatic nitrogens is 2. The molecule has 1 aromatic heterocycles. The van der Waals surface area contributed by atoms with Crippen molar-refractivity contribution < 1.29 is 0 Å². The van der Waals surface area contributed by atoms with Crippen molar-refractivity contribution in [2.75, 3.05) is 5.73 Å². The van der Waals surface area contributed by atoms with Crippen molar-refractivity contribution in [2.45, 2.75) is 44.4 Å². The lowest BCUT2D eigenvalue weighted by Gasteiger charge is -2.37. The van der Waals surface area contributed by atoms with Gasteiger partial charge in [-0.1, -0.05) is 49.6 Å². The van der Waals surface area contributed by atoms with Gasteiger partial charge in [-0.15, -0.1) is 0 Å². The average Bonchev–Trinajstić information content (AvgIpc) is 2.53. The smallest absolute Gasteiger partial charge is 0.255 e. The van der Waals surface area contributed by atoms with Crippen LogP contribution in [0.4, 0.5) is 5.82 Å². The van der Waals surface area contributed by atoms with Gasteiger partial charge in [0.2, 0.25) is 0 Å². The molecular weight excluding hydrogens is 262 g/mol. The van der Waals surface area contributed by atoms with Gasteiger partial charge in [-0.25, -0.2) is 4.98 Å². The molecule has 0 atom stereocenters. The van der Waals surface area contributed by atoms with Gasteiger partial charge in [0.1, 0.15) is 11.6 Å². The first-order chi connectivity index (χ1) is 10.1. The summed E-state index contributed by atoms with van der Waals surface area (Å²) in [7, 11) is 0. The average molecular weight is 283 g/mol. The molecular formula is C17H21N3O. The van der Waals surface area contributed by atoms with E-state index in [2.05, 4.69) is 22.1 Å². The Morgan fingerprint density at radius 3 is 2.43 bits per heavy atom. The fraction of sp³-hybridized carbons (Fsp3) is 0.412. The number of nitrogens with zero attached hydrogens (tertiary/aromatic N) is 1. The topological polar surface area (TPSA) is 71.8 Å². The van der Waals surface area contributed by atoms with E-state index in [1.165, 1.54) is 12.0 Å². The van der Waals surface area contributed by atoms with Crippen LogP contribution >= 0.6 is 0 Å². The molecule has 0 unspecified atom stereocenters. The van der Waals surface area contributed by atoms with E-state index >= 15 is 0 Å². The predicted molar refractivity (Wildman–Crippen MR) is 84.3 cm³/mol. The molecule has 110 valence electrons. The molecule has 3 N–H and O–H groups in total. The summed E-state index contributed by atoms with van der Waals surface area (Å²) in [5.41, 5.74) is 7.32. The van der Waals surface area contributed by atoms with Gasteiger partial charge in [0.25, 0.3) is 5.56 Å². The normalized spacial score (nSPS) is 17.6. The summed E-state index contributed by atoms with van der Waals surface area (Å²) in [5, 5.41) is 0. The van der Waals surface area contributed by atoms with Gasteiger partial charge >= 0.3 is 0 Å². The third kappa shape index (κ3) is 2.35. The number of nitrogens with two attached hydrogens (primary N) is 1. The highest BCUT2D eigenvalue weighted by Crippen LogP contribution is 2.43. The maximum atomic E-state index is 12.1. The number of hydrogen-bond acceptors (Lipinski definition) is 3. The van der Waals surface area contributed by atoms with E-state index in [1.54, 1.807) is 6.92 Å². The highest BCUT2D eigenvalue weighted by Gasteiger charge is 2.38. The molecule has 4 nitrogen and oxygen atoms in total. The number of hydrogen-bond donors (Lipinski definition) is 2. The van der Waals surface area contributed by atoms with E-state index in [0.29, 0.717) is 11.4 Å². The lowest BCUT2D eigenvalue weighted by atomic mass is 9.68. The summed E-state index contributed by atoms with van der Waals surface area (Å²) in [5.74, 6) is 1.07. The summed E-state index contributed by atoms with van der Waals surface area (Å²) < 4.78 is 0. The quantitative estimate of drug-likeness (QED) is 0.890. The van der Waals surface area contributed by atoms with Crippen LogP contribution in [0.25, 0.3) is 0 Å². The van der Waals surface area contributed by atoms with Crippen molar-refractivity contribution in [1.29, 1.82) is 0 Å². The third-order valence-electron chi connectivity index (χ3n) is 4.68. The van der Waals surface area contributed by atoms with Crippen molar-refractivity contribution in [3.63, 3.8) is 0 Å². The Kier molecular flexibility index (Phi) is 3.53. The van der Waals surface area contributed by atoms with Crippen LogP contribution < -0.4 is 11.3 Å². The zero-order valence-corrected chi connectivity index (χ0v) is 12.4. The number of anilines is 1. The number of benzene rings is 1. The van der Waals surface area contributed by atoms with Crippen molar-refractivity contribution in [3.05, 3.63) is 57.6 Å². The van der Waals surface area contributed by atoms with E-state index in [0.717, 1.165) is 31.5 Å². The summed E-state index contributed by atoms with van der Waals surface area (Å²) in [4.78, 5) is 19.6. The minimum absolute atomic E-state index is 0.127. The Balaban J connectivity index is 2.19. The van der Waals surface area contributed by atoms with Crippen molar-refractivity contribution >= 4 is 5.82 Å². The zero-order valence-electron chi connectivity index (χ0n) is 12.4. The Bertz CT molecular complexity index is 685. The molecule has 1 saturated carbocycles. The first-order valence-electron chi connectivity index (χ1n) is 7.56. The molecule has 1 aliphatic rings. The minimum Gasteiger partial charge on any atom is -0.383 e. The fourth-order valence-corrected chi connectivity index (χ4v) is 3.35. The molecule has 0 aliphatic heterocycles. The number of aromatic amines is 1. The molecule has 0 bridgehead atoms. The molecule has 0 saturated heterocycles. The van der Waals surface area contributed by atoms with Gasteiger partial charge in [-0.3, -0.25) is 4.79 Å². The minimum atomic E-state index is -0.208. The first-order valence-corrected chi connectivity index (χ1v) is 7.56. The molecule has 21 heavy (non-hydrogen) atoms. The molecule has 3 rings (SSSR count). The highest BCUT2D eigenvalue weighted by atomic mass is 16.1. The molecule has 1 aliphatic carbocycles. The van der Waals surface area contributed by atoms with Crippen LogP contribution in [0.3, 0.4) is 0 Å². The van der Waals surface area contributed by atoms with Crippen LogP contribution in [-0.2, 0) is 5.41 Å². The molecule has 1 fully saturated rings. The molecule has 0 spiro atoms. The molecule has 0 radical (unpaired) electrons. The standard InChI is InChI=1S/C17H21N3O/c1-12-14(18)19-16(20-15(12)21)17(10-6-3-7-11-17)13-8-4-2-5-9-13/h2,4-5,8-9H,3,6-7,10-11H2,1H3,(H3,18,19,20,21). The number of rotatable bonds is 2. The summed E-state index contributed by atoms with van der Waals surface area (Å²) in [6, 6.07) is 10.4. The van der Waals surface area contributed by atoms with Crippen LogP contribution in [0.2, 0.25) is 0 Å². The van der Waals surface area contributed by atoms with Gasteiger partial charge < -0.3 is 10.7 Å². The first kappa shape index (κ1) is 13.9. The number of H-pyrrole nitrogens is 1. The van der Waals surface area contributed by atoms with Gasteiger partial charge in [0.05, 0.1) is 11.0 Å². The number of nitrogens with one attached hydrogen (secondary N) is 1. The Labute approximate surface area is 124 Å². The third-order valence-corrected chi connectivity index (χ3v) is 4.68. The van der Waals surface area contributed by atoms with E-state index in [4.69, 9.17) is 5.73 Å². The molecule has 2 aromatic rings. The maximum absolute atomic E-state index is 12.1. The molecule has 0 amide bonds. The van der Waals surface area contributed by atoms with Crippen molar-refractivity contribution in [2.24, 2.45) is 0 Å². The SMILES string of the molecule is Cc1c(N)nc(C2(c3ccccc3)CCCCC2)[nH]c1=O. The monoisotopic (exact) mass is 283 g/mol. The van der Waals surface area contributed by atoms with Gasteiger partial charge in [-0.05, 0) is 25.3 Å². The van der Waals surface area contributed by atoms with Gasteiger partial charge in [0, 0.05) is 0 Å². The van der Waals surface area contributed by atoms with E-state index < -0.39 is 0 Å². The van der Waals surface area contributed by atoms with E-state index in [-0.39, 0.29) is 11.0 Å². The van der Waals surface area contributed by atoms with E-state index in [1.807, 2.05) is 18.2 Å². The van der Waals surface area contributed by atoms with Crippen LogP contribution in [0.15, 0.2) is 35.1 Å². The Morgan fingerprint density at radius 2 is 1.81 bits per heavy atom. The fourth-order valence-electron chi connectivity index (χ4n) is 3.35. The summed E-state index contributed by atoms with van der Waals surface area (Å²) >= 11 is 0. The second-order valence-electron chi connectivity index (χ2n) is 5.93. The van der Waals surface area contributed by atoms with E-state index in [9.17, 15) is 4.79 Å². The van der Waals surface area contributed by atoms with Crippen molar-refractivity contribution in [1.82, 2.24) is 9.97 Å². The van der Waals surface area contributed by atoms with Crippen molar-refractivity contribution in [3.8, 4) is 0 Å². The molecule has 4 heteroatoms.